The molecule has 0 amide bonds. The predicted octanol–water partition coefficient (Wildman–Crippen LogP) is 4.77. The Bertz CT molecular complexity index is 670. The van der Waals surface area contributed by atoms with E-state index in [1.807, 2.05) is 18.0 Å². The monoisotopic (exact) mass is 340 g/mol. The first kappa shape index (κ1) is 15.6. The molecule has 6 heteroatoms. The van der Waals surface area contributed by atoms with Gasteiger partial charge in [-0.25, -0.2) is 9.97 Å². The molecule has 3 rings (SSSR count). The van der Waals surface area contributed by atoms with Crippen LogP contribution in [-0.4, -0.2) is 27.6 Å². The highest BCUT2D eigenvalue weighted by Gasteiger charge is 2.33. The first-order chi connectivity index (χ1) is 10.1. The number of thioether (sulfide) groups is 2. The third-order valence-corrected chi connectivity index (χ3v) is 6.50. The van der Waals surface area contributed by atoms with Crippen LogP contribution in [0.3, 0.4) is 0 Å². The van der Waals surface area contributed by atoms with E-state index in [-0.39, 0.29) is 5.60 Å². The molecule has 0 aliphatic carbocycles. The summed E-state index contributed by atoms with van der Waals surface area (Å²) in [5.74, 6) is 1.03. The van der Waals surface area contributed by atoms with Crippen LogP contribution in [0.4, 0.5) is 0 Å². The van der Waals surface area contributed by atoms with E-state index in [2.05, 4.69) is 20.8 Å². The quantitative estimate of drug-likeness (QED) is 0.455. The normalized spacial score (nSPS) is 21.7. The van der Waals surface area contributed by atoms with Crippen molar-refractivity contribution >= 4 is 45.1 Å². The highest BCUT2D eigenvalue weighted by molar-refractivity contribution is 7.99. The molecule has 1 aliphatic rings. The zero-order valence-electron chi connectivity index (χ0n) is 12.9. The maximum absolute atomic E-state index is 6.08. The van der Waals surface area contributed by atoms with Crippen molar-refractivity contribution in [1.82, 2.24) is 9.97 Å². The van der Waals surface area contributed by atoms with Gasteiger partial charge in [0.05, 0.1) is 12.2 Å². The van der Waals surface area contributed by atoms with Gasteiger partial charge in [0.1, 0.15) is 9.86 Å². The van der Waals surface area contributed by atoms with Crippen LogP contribution in [0.1, 0.15) is 37.6 Å². The molecule has 0 saturated heterocycles. The molecule has 0 saturated carbocycles. The molecule has 0 N–H and O–H groups in total. The van der Waals surface area contributed by atoms with Crippen molar-refractivity contribution in [2.24, 2.45) is 0 Å². The summed E-state index contributed by atoms with van der Waals surface area (Å²) in [6.07, 6.45) is 4.04. The highest BCUT2D eigenvalue weighted by atomic mass is 32.2. The van der Waals surface area contributed by atoms with Gasteiger partial charge in [0.15, 0.2) is 5.16 Å². The fourth-order valence-corrected chi connectivity index (χ4v) is 5.02. The van der Waals surface area contributed by atoms with Crippen LogP contribution in [0.25, 0.3) is 10.2 Å². The molecular formula is C15H20N2OS3. The number of ether oxygens (including phenoxy) is 1. The highest BCUT2D eigenvalue weighted by Crippen LogP contribution is 2.42. The molecule has 0 unspecified atom stereocenters. The maximum Gasteiger partial charge on any atom is 0.189 e. The third kappa shape index (κ3) is 2.83. The number of aromatic nitrogens is 2. The molecule has 114 valence electrons. The second kappa shape index (κ2) is 6.07. The largest absolute Gasteiger partial charge is 0.369 e. The maximum atomic E-state index is 6.08. The fourth-order valence-electron chi connectivity index (χ4n) is 2.58. The van der Waals surface area contributed by atoms with Crippen LogP contribution < -0.4 is 0 Å². The Balaban J connectivity index is 2.18. The van der Waals surface area contributed by atoms with Crippen LogP contribution >= 0.6 is 34.9 Å². The summed E-state index contributed by atoms with van der Waals surface area (Å²) in [6, 6.07) is 0. The molecule has 3 heterocycles. The molecule has 1 aliphatic heterocycles. The predicted molar refractivity (Wildman–Crippen MR) is 92.8 cm³/mol. The Morgan fingerprint density at radius 3 is 2.81 bits per heavy atom. The van der Waals surface area contributed by atoms with Crippen molar-refractivity contribution in [1.29, 1.82) is 0 Å². The Morgan fingerprint density at radius 1 is 1.33 bits per heavy atom. The summed E-state index contributed by atoms with van der Waals surface area (Å²) in [7, 11) is 0. The smallest absolute Gasteiger partial charge is 0.189 e. The number of hydrogen-bond donors (Lipinski definition) is 0. The van der Waals surface area contributed by atoms with Crippen LogP contribution in [-0.2, 0) is 17.8 Å². The lowest BCUT2D eigenvalue weighted by atomic mass is 9.90. The average molecular weight is 341 g/mol. The Hall–Kier alpha value is -0.300. The number of hydrogen-bond acceptors (Lipinski definition) is 6. The van der Waals surface area contributed by atoms with Gasteiger partial charge in [0.2, 0.25) is 0 Å². The molecular weight excluding hydrogens is 320 g/mol. The minimum Gasteiger partial charge on any atom is -0.369 e. The minimum atomic E-state index is -0.0483. The first-order valence-corrected chi connectivity index (χ1v) is 10.3. The van der Waals surface area contributed by atoms with Crippen molar-refractivity contribution in [2.75, 3.05) is 12.0 Å². The molecule has 0 radical (unpaired) electrons. The summed E-state index contributed by atoms with van der Waals surface area (Å²) in [4.78, 5) is 11.9. The molecule has 0 bridgehead atoms. The van der Waals surface area contributed by atoms with E-state index in [4.69, 9.17) is 14.7 Å². The van der Waals surface area contributed by atoms with Gasteiger partial charge in [-0.15, -0.1) is 23.1 Å². The second-order valence-electron chi connectivity index (χ2n) is 5.40. The van der Waals surface area contributed by atoms with E-state index in [1.165, 1.54) is 15.8 Å². The van der Waals surface area contributed by atoms with Crippen LogP contribution in [0.5, 0.6) is 0 Å². The Labute approximate surface area is 138 Å². The van der Waals surface area contributed by atoms with E-state index >= 15 is 0 Å². The second-order valence-corrected chi connectivity index (χ2v) is 8.51. The van der Waals surface area contributed by atoms with Gasteiger partial charge in [-0.2, -0.15) is 0 Å². The molecule has 21 heavy (non-hydrogen) atoms. The topological polar surface area (TPSA) is 35.0 Å². The number of thiophene rings is 1. The summed E-state index contributed by atoms with van der Waals surface area (Å²) < 4.78 is 6.08. The van der Waals surface area contributed by atoms with E-state index in [0.29, 0.717) is 6.61 Å². The molecule has 2 aromatic rings. The average Bonchev–Trinajstić information content (AvgIpc) is 2.85. The van der Waals surface area contributed by atoms with E-state index in [1.54, 1.807) is 23.1 Å². The van der Waals surface area contributed by atoms with Crippen LogP contribution in [0.15, 0.2) is 10.2 Å². The van der Waals surface area contributed by atoms with Crippen molar-refractivity contribution in [3.05, 3.63) is 10.4 Å². The van der Waals surface area contributed by atoms with Crippen molar-refractivity contribution in [2.45, 2.75) is 56.0 Å². The summed E-state index contributed by atoms with van der Waals surface area (Å²) in [6.45, 7) is 7.30. The molecule has 0 aromatic carbocycles. The lowest BCUT2D eigenvalue weighted by molar-refractivity contribution is -0.0543. The lowest BCUT2D eigenvalue weighted by Crippen LogP contribution is -2.33. The third-order valence-electron chi connectivity index (χ3n) is 3.99. The van der Waals surface area contributed by atoms with Gasteiger partial charge in [-0.05, 0) is 30.9 Å². The Kier molecular flexibility index (Phi) is 4.50. The molecule has 1 atom stereocenters. The summed E-state index contributed by atoms with van der Waals surface area (Å²) in [5, 5.41) is 3.29. The molecule has 0 spiro atoms. The molecule has 0 fully saturated rings. The van der Waals surface area contributed by atoms with Crippen LogP contribution in [0, 0.1) is 0 Å². The van der Waals surface area contributed by atoms with Crippen LogP contribution in [0.2, 0.25) is 0 Å². The zero-order chi connectivity index (χ0) is 15.0. The summed E-state index contributed by atoms with van der Waals surface area (Å²) in [5.41, 5.74) is 1.38. The van der Waals surface area contributed by atoms with Gasteiger partial charge in [0, 0.05) is 16.7 Å². The Morgan fingerprint density at radius 2 is 2.14 bits per heavy atom. The van der Waals surface area contributed by atoms with Crippen molar-refractivity contribution < 1.29 is 4.74 Å². The van der Waals surface area contributed by atoms with Gasteiger partial charge in [-0.3, -0.25) is 0 Å². The van der Waals surface area contributed by atoms with Gasteiger partial charge in [0.25, 0.3) is 0 Å². The van der Waals surface area contributed by atoms with E-state index in [9.17, 15) is 0 Å². The van der Waals surface area contributed by atoms with Crippen molar-refractivity contribution in [3.8, 4) is 0 Å². The van der Waals surface area contributed by atoms with E-state index < -0.39 is 0 Å². The minimum absolute atomic E-state index is 0.0483. The van der Waals surface area contributed by atoms with Crippen molar-refractivity contribution in [3.63, 3.8) is 0 Å². The van der Waals surface area contributed by atoms with Gasteiger partial charge >= 0.3 is 0 Å². The number of fused-ring (bicyclic) bond motifs is 3. The van der Waals surface area contributed by atoms with Gasteiger partial charge < -0.3 is 4.74 Å². The zero-order valence-corrected chi connectivity index (χ0v) is 15.3. The molecule has 2 aromatic heterocycles. The fraction of sp³-hybridized carbons (Fsp3) is 0.600. The summed E-state index contributed by atoms with van der Waals surface area (Å²) >= 11 is 5.21. The number of nitrogens with zero attached hydrogens (tertiary/aromatic N) is 2. The van der Waals surface area contributed by atoms with E-state index in [0.717, 1.165) is 33.6 Å². The number of rotatable bonds is 4. The first-order valence-electron chi connectivity index (χ1n) is 7.23. The SMILES string of the molecule is CCSc1nc(SC)nc2sc3c(c12)C[C@](C)(CC)OC3. The lowest BCUT2D eigenvalue weighted by Gasteiger charge is -2.33. The molecule has 3 nitrogen and oxygen atoms in total. The standard InChI is InChI=1S/C15H20N2OS3/c1-5-15(3)7-9-10(8-18-15)21-13-11(9)12(20-6-2)16-14(17-13)19-4/h5-8H2,1-4H3/t15-/m0/s1. The van der Waals surface area contributed by atoms with Gasteiger partial charge in [-0.1, -0.05) is 25.6 Å².